The number of carbonyl (C=O) groups is 2. The molecule has 1 heterocycles. The minimum atomic E-state index is -0.529. The van der Waals surface area contributed by atoms with Crippen molar-refractivity contribution >= 4 is 34.6 Å². The number of unbranched alkanes of at least 4 members (excludes halogenated alkanes) is 2. The van der Waals surface area contributed by atoms with Gasteiger partial charge in [-0.15, -0.1) is 0 Å². The fourth-order valence-electron chi connectivity index (χ4n) is 2.85. The molecular formula is C22H28ClNO6. The molecule has 1 N–H and O–H groups in total. The van der Waals surface area contributed by atoms with Crippen LogP contribution < -0.4 is 15.7 Å². The number of esters is 1. The highest BCUT2D eigenvalue weighted by molar-refractivity contribution is 6.33. The van der Waals surface area contributed by atoms with E-state index in [-0.39, 0.29) is 17.2 Å². The van der Waals surface area contributed by atoms with Gasteiger partial charge >= 0.3 is 17.7 Å². The quantitative estimate of drug-likeness (QED) is 0.270. The van der Waals surface area contributed by atoms with Crippen LogP contribution in [0.4, 0.5) is 4.79 Å². The van der Waals surface area contributed by atoms with Crippen molar-refractivity contribution in [1.82, 2.24) is 5.32 Å². The van der Waals surface area contributed by atoms with E-state index in [1.807, 2.05) is 6.92 Å². The molecule has 2 aromatic rings. The number of halogens is 1. The molecule has 7 nitrogen and oxygen atoms in total. The maximum Gasteiger partial charge on any atom is 0.407 e. The molecule has 0 radical (unpaired) electrons. The third-order valence-electron chi connectivity index (χ3n) is 4.21. The molecule has 0 saturated carbocycles. The SMILES string of the molecule is CCc1cc(=O)oc2cc(OC(=O)CCCCCNC(=O)OC(C)(C)C)c(Cl)cc12. The first kappa shape index (κ1) is 23.7. The zero-order chi connectivity index (χ0) is 22.3. The lowest BCUT2D eigenvalue weighted by Gasteiger charge is -2.19. The Bertz CT molecular complexity index is 960. The summed E-state index contributed by atoms with van der Waals surface area (Å²) in [5.41, 5.74) is 0.165. The van der Waals surface area contributed by atoms with Gasteiger partial charge in [0.2, 0.25) is 0 Å². The van der Waals surface area contributed by atoms with Gasteiger partial charge in [0.05, 0.1) is 5.02 Å². The number of hydrogen-bond donors (Lipinski definition) is 1. The average molecular weight is 438 g/mol. The lowest BCUT2D eigenvalue weighted by molar-refractivity contribution is -0.134. The van der Waals surface area contributed by atoms with Crippen LogP contribution in [0.15, 0.2) is 27.4 Å². The Hall–Kier alpha value is -2.54. The largest absolute Gasteiger partial charge is 0.444 e. The van der Waals surface area contributed by atoms with E-state index in [1.54, 1.807) is 26.8 Å². The predicted octanol–water partition coefficient (Wildman–Crippen LogP) is 5.00. The van der Waals surface area contributed by atoms with Gasteiger partial charge in [0.25, 0.3) is 0 Å². The molecule has 30 heavy (non-hydrogen) atoms. The Balaban J connectivity index is 1.81. The molecule has 0 bridgehead atoms. The van der Waals surface area contributed by atoms with Crippen LogP contribution in [0.2, 0.25) is 5.02 Å². The fraction of sp³-hybridized carbons (Fsp3) is 0.500. The van der Waals surface area contributed by atoms with Crippen LogP contribution in [0.25, 0.3) is 11.0 Å². The number of benzene rings is 1. The first-order valence-corrected chi connectivity index (χ1v) is 10.4. The summed E-state index contributed by atoms with van der Waals surface area (Å²) >= 11 is 6.24. The minimum Gasteiger partial charge on any atom is -0.444 e. The van der Waals surface area contributed by atoms with Crippen molar-refractivity contribution in [2.24, 2.45) is 0 Å². The smallest absolute Gasteiger partial charge is 0.407 e. The van der Waals surface area contributed by atoms with Crippen molar-refractivity contribution < 1.29 is 23.5 Å². The fourth-order valence-corrected chi connectivity index (χ4v) is 3.05. The number of hydrogen-bond acceptors (Lipinski definition) is 6. The van der Waals surface area contributed by atoms with Crippen molar-refractivity contribution in [1.29, 1.82) is 0 Å². The number of carbonyl (C=O) groups excluding carboxylic acids is 2. The first-order valence-electron chi connectivity index (χ1n) is 10.0. The molecule has 0 spiro atoms. The molecule has 8 heteroatoms. The van der Waals surface area contributed by atoms with Gasteiger partial charge in [-0.3, -0.25) is 4.79 Å². The van der Waals surface area contributed by atoms with Gasteiger partial charge in [0.15, 0.2) is 5.75 Å². The summed E-state index contributed by atoms with van der Waals surface area (Å²) in [7, 11) is 0. The number of rotatable bonds is 8. The van der Waals surface area contributed by atoms with E-state index < -0.39 is 23.3 Å². The van der Waals surface area contributed by atoms with Gasteiger partial charge in [0, 0.05) is 30.5 Å². The maximum atomic E-state index is 12.1. The lowest BCUT2D eigenvalue weighted by Crippen LogP contribution is -2.33. The van der Waals surface area contributed by atoms with E-state index in [9.17, 15) is 14.4 Å². The number of alkyl carbamates (subject to hydrolysis) is 1. The number of aryl methyl sites for hydroxylation is 1. The number of ether oxygens (including phenoxy) is 2. The second-order valence-electron chi connectivity index (χ2n) is 7.94. The molecule has 1 aromatic carbocycles. The molecular weight excluding hydrogens is 410 g/mol. The van der Waals surface area contributed by atoms with Crippen LogP contribution in [0.1, 0.15) is 58.9 Å². The Kier molecular flexibility index (Phi) is 8.29. The normalized spacial score (nSPS) is 11.4. The lowest BCUT2D eigenvalue weighted by atomic mass is 10.1. The van der Waals surface area contributed by atoms with Crippen LogP contribution >= 0.6 is 11.6 Å². The number of fused-ring (bicyclic) bond motifs is 1. The first-order chi connectivity index (χ1) is 14.1. The Labute approximate surface area is 180 Å². The summed E-state index contributed by atoms with van der Waals surface area (Å²) in [4.78, 5) is 35.3. The Morgan fingerprint density at radius 1 is 1.13 bits per heavy atom. The summed E-state index contributed by atoms with van der Waals surface area (Å²) in [5.74, 6) is -0.262. The standard InChI is InChI=1S/C22H28ClNO6/c1-5-14-11-20(26)28-17-13-18(16(23)12-15(14)17)29-19(25)9-7-6-8-10-24-21(27)30-22(2,3)4/h11-13H,5-10H2,1-4H3,(H,24,27). The summed E-state index contributed by atoms with van der Waals surface area (Å²) < 4.78 is 15.7. The second-order valence-corrected chi connectivity index (χ2v) is 8.34. The summed E-state index contributed by atoms with van der Waals surface area (Å²) in [6.07, 6.45) is 2.47. The van der Waals surface area contributed by atoms with Crippen molar-refractivity contribution in [3.8, 4) is 5.75 Å². The molecule has 0 unspecified atom stereocenters. The van der Waals surface area contributed by atoms with Crippen molar-refractivity contribution in [3.63, 3.8) is 0 Å². The van der Waals surface area contributed by atoms with Crippen LogP contribution in [0, 0.1) is 0 Å². The summed E-state index contributed by atoms with van der Waals surface area (Å²) in [5, 5.41) is 3.68. The van der Waals surface area contributed by atoms with Gasteiger partial charge in [-0.2, -0.15) is 0 Å². The van der Waals surface area contributed by atoms with Crippen molar-refractivity contribution in [2.75, 3.05) is 6.54 Å². The average Bonchev–Trinajstić information content (AvgIpc) is 2.63. The highest BCUT2D eigenvalue weighted by atomic mass is 35.5. The highest BCUT2D eigenvalue weighted by Gasteiger charge is 2.16. The zero-order valence-corrected chi connectivity index (χ0v) is 18.6. The van der Waals surface area contributed by atoms with E-state index in [4.69, 9.17) is 25.5 Å². The highest BCUT2D eigenvalue weighted by Crippen LogP contribution is 2.31. The van der Waals surface area contributed by atoms with E-state index in [0.717, 1.165) is 17.4 Å². The number of nitrogens with one attached hydrogen (secondary N) is 1. The summed E-state index contributed by atoms with van der Waals surface area (Å²) in [6.45, 7) is 7.81. The Morgan fingerprint density at radius 3 is 2.53 bits per heavy atom. The maximum absolute atomic E-state index is 12.1. The molecule has 0 aliphatic heterocycles. The van der Waals surface area contributed by atoms with E-state index >= 15 is 0 Å². The second kappa shape index (κ2) is 10.5. The molecule has 1 amide bonds. The van der Waals surface area contributed by atoms with Crippen LogP contribution in [0.5, 0.6) is 5.75 Å². The molecule has 1 aromatic heterocycles. The molecule has 0 saturated heterocycles. The van der Waals surface area contributed by atoms with Crippen LogP contribution in [0.3, 0.4) is 0 Å². The van der Waals surface area contributed by atoms with Crippen LogP contribution in [-0.4, -0.2) is 24.2 Å². The molecule has 0 aliphatic carbocycles. The molecule has 2 rings (SSSR count). The summed E-state index contributed by atoms with van der Waals surface area (Å²) in [6, 6.07) is 4.55. The molecule has 164 valence electrons. The topological polar surface area (TPSA) is 94.8 Å². The zero-order valence-electron chi connectivity index (χ0n) is 17.8. The van der Waals surface area contributed by atoms with Gasteiger partial charge in [-0.05, 0) is 51.7 Å². The van der Waals surface area contributed by atoms with E-state index in [2.05, 4.69) is 5.32 Å². The van der Waals surface area contributed by atoms with Crippen molar-refractivity contribution in [3.05, 3.63) is 39.2 Å². The molecule has 0 atom stereocenters. The van der Waals surface area contributed by atoms with E-state index in [1.165, 1.54) is 12.1 Å². The van der Waals surface area contributed by atoms with Gasteiger partial charge in [-0.1, -0.05) is 24.9 Å². The van der Waals surface area contributed by atoms with Gasteiger partial charge in [0.1, 0.15) is 11.2 Å². The third-order valence-corrected chi connectivity index (χ3v) is 4.51. The van der Waals surface area contributed by atoms with Gasteiger partial charge < -0.3 is 19.2 Å². The van der Waals surface area contributed by atoms with Gasteiger partial charge in [-0.25, -0.2) is 9.59 Å². The molecule has 0 fully saturated rings. The van der Waals surface area contributed by atoms with E-state index in [0.29, 0.717) is 31.4 Å². The predicted molar refractivity (Wildman–Crippen MR) is 115 cm³/mol. The molecule has 0 aliphatic rings. The minimum absolute atomic E-state index is 0.164. The van der Waals surface area contributed by atoms with Crippen molar-refractivity contribution in [2.45, 2.75) is 65.4 Å². The van der Waals surface area contributed by atoms with Crippen LogP contribution in [-0.2, 0) is 16.0 Å². The number of amides is 1. The third kappa shape index (κ3) is 7.37. The monoisotopic (exact) mass is 437 g/mol. The Morgan fingerprint density at radius 2 is 1.87 bits per heavy atom.